The number of benzene rings is 1. The van der Waals surface area contributed by atoms with E-state index < -0.39 is 5.97 Å². The van der Waals surface area contributed by atoms with Gasteiger partial charge in [0.25, 0.3) is 0 Å². The van der Waals surface area contributed by atoms with E-state index in [-0.39, 0.29) is 0 Å². The molecule has 0 spiro atoms. The van der Waals surface area contributed by atoms with Crippen LogP contribution in [0.4, 0.5) is 0 Å². The lowest BCUT2D eigenvalue weighted by Crippen LogP contribution is -2.14. The summed E-state index contributed by atoms with van der Waals surface area (Å²) < 4.78 is 5.37. The van der Waals surface area contributed by atoms with Gasteiger partial charge in [0.2, 0.25) is 0 Å². The summed E-state index contributed by atoms with van der Waals surface area (Å²) >= 11 is 1.35. The van der Waals surface area contributed by atoms with Crippen LogP contribution in [0.5, 0.6) is 5.75 Å². The molecule has 0 N–H and O–H groups in total. The molecular weight excluding hydrogens is 298 g/mol. The molecule has 1 heterocycles. The zero-order chi connectivity index (χ0) is 15.5. The zero-order valence-electron chi connectivity index (χ0n) is 12.6. The summed E-state index contributed by atoms with van der Waals surface area (Å²) in [5.74, 6) is 0.482. The highest BCUT2D eigenvalue weighted by molar-refractivity contribution is 7.11. The van der Waals surface area contributed by atoms with Gasteiger partial charge in [-0.15, -0.1) is 11.3 Å². The molecule has 22 heavy (non-hydrogen) atoms. The van der Waals surface area contributed by atoms with Crippen molar-refractivity contribution in [1.82, 2.24) is 0 Å². The highest BCUT2D eigenvalue weighted by Gasteiger charge is 2.19. The van der Waals surface area contributed by atoms with Crippen molar-refractivity contribution in [3.8, 4) is 5.75 Å². The smallest absolute Gasteiger partial charge is 0.375 e. The average Bonchev–Trinajstić information content (AvgIpc) is 3.06. The predicted octanol–water partition coefficient (Wildman–Crippen LogP) is 3.96. The van der Waals surface area contributed by atoms with Crippen molar-refractivity contribution in [3.63, 3.8) is 0 Å². The predicted molar refractivity (Wildman–Crippen MR) is 86.9 cm³/mol. The van der Waals surface area contributed by atoms with Gasteiger partial charge >= 0.3 is 5.97 Å². The monoisotopic (exact) mass is 315 g/mol. The van der Waals surface area contributed by atoms with Crippen molar-refractivity contribution in [1.29, 1.82) is 0 Å². The Kier molecular flexibility index (Phi) is 4.24. The Balaban J connectivity index is 1.86. The molecule has 0 radical (unpaired) electrons. The Labute approximate surface area is 133 Å². The van der Waals surface area contributed by atoms with Crippen LogP contribution in [-0.4, -0.2) is 18.8 Å². The van der Waals surface area contributed by atoms with E-state index in [0.717, 1.165) is 41.9 Å². The maximum absolute atomic E-state index is 11.9. The van der Waals surface area contributed by atoms with Crippen molar-refractivity contribution in [3.05, 3.63) is 51.2 Å². The third kappa shape index (κ3) is 2.90. The van der Waals surface area contributed by atoms with Gasteiger partial charge in [-0.05, 0) is 60.9 Å². The molecule has 1 aliphatic carbocycles. The van der Waals surface area contributed by atoms with Crippen molar-refractivity contribution >= 4 is 23.0 Å². The molecule has 4 nitrogen and oxygen atoms in total. The molecule has 0 saturated heterocycles. The Morgan fingerprint density at radius 1 is 1.32 bits per heavy atom. The van der Waals surface area contributed by atoms with E-state index in [9.17, 15) is 4.79 Å². The summed E-state index contributed by atoms with van der Waals surface area (Å²) in [5.41, 5.74) is 4.14. The number of hydrogen-bond acceptors (Lipinski definition) is 5. The quantitative estimate of drug-likeness (QED) is 0.636. The molecule has 5 heteroatoms. The second-order valence-electron chi connectivity index (χ2n) is 5.23. The minimum atomic E-state index is -0.403. The fourth-order valence-corrected chi connectivity index (χ4v) is 3.23. The van der Waals surface area contributed by atoms with E-state index in [1.807, 2.05) is 18.4 Å². The molecule has 0 saturated carbocycles. The number of fused-ring (bicyclic) bond motifs is 1. The summed E-state index contributed by atoms with van der Waals surface area (Å²) in [6, 6.07) is 7.67. The summed E-state index contributed by atoms with van der Waals surface area (Å²) in [6.07, 6.45) is 2.80. The van der Waals surface area contributed by atoms with E-state index in [0.29, 0.717) is 4.88 Å². The number of nitrogens with zero attached hydrogens (tertiary/aromatic N) is 1. The minimum Gasteiger partial charge on any atom is -0.496 e. The van der Waals surface area contributed by atoms with Gasteiger partial charge in [0.15, 0.2) is 0 Å². The number of aryl methyl sites for hydroxylation is 2. The van der Waals surface area contributed by atoms with Crippen molar-refractivity contribution < 1.29 is 14.4 Å². The zero-order valence-corrected chi connectivity index (χ0v) is 13.4. The van der Waals surface area contributed by atoms with Gasteiger partial charge in [0, 0.05) is 5.56 Å². The third-order valence-corrected chi connectivity index (χ3v) is 4.60. The fraction of sp³-hybridized carbons (Fsp3) is 0.294. The number of hydrogen-bond donors (Lipinski definition) is 0. The van der Waals surface area contributed by atoms with Crippen LogP contribution in [0.1, 0.15) is 39.2 Å². The Morgan fingerprint density at radius 3 is 2.91 bits per heavy atom. The van der Waals surface area contributed by atoms with Gasteiger partial charge < -0.3 is 9.57 Å². The largest absolute Gasteiger partial charge is 0.496 e. The summed E-state index contributed by atoms with van der Waals surface area (Å²) in [7, 11) is 1.68. The van der Waals surface area contributed by atoms with Crippen LogP contribution in [-0.2, 0) is 11.3 Å². The van der Waals surface area contributed by atoms with Crippen molar-refractivity contribution in [2.24, 2.45) is 5.16 Å². The number of rotatable bonds is 3. The number of methoxy groups -OCH3 is 1. The molecule has 0 aliphatic heterocycles. The van der Waals surface area contributed by atoms with Gasteiger partial charge in [0.05, 0.1) is 12.8 Å². The highest BCUT2D eigenvalue weighted by atomic mass is 32.1. The molecule has 1 aliphatic rings. The van der Waals surface area contributed by atoms with E-state index in [1.54, 1.807) is 13.2 Å². The van der Waals surface area contributed by atoms with E-state index in [1.165, 1.54) is 16.9 Å². The van der Waals surface area contributed by atoms with Gasteiger partial charge in [-0.1, -0.05) is 11.2 Å². The molecule has 0 unspecified atom stereocenters. The Morgan fingerprint density at radius 2 is 2.18 bits per heavy atom. The summed E-state index contributed by atoms with van der Waals surface area (Å²) in [6.45, 7) is 2.00. The maximum atomic E-state index is 11.9. The SMILES string of the molecule is COc1cc2c(cc1C)C(=NOC(=O)c1cccs1)CCC2. The van der Waals surface area contributed by atoms with Crippen LogP contribution < -0.4 is 4.74 Å². The molecule has 1 aromatic carbocycles. The lowest BCUT2D eigenvalue weighted by Gasteiger charge is -2.19. The topological polar surface area (TPSA) is 47.9 Å². The molecule has 0 amide bonds. The fourth-order valence-electron chi connectivity index (χ4n) is 2.64. The van der Waals surface area contributed by atoms with E-state index >= 15 is 0 Å². The van der Waals surface area contributed by atoms with E-state index in [2.05, 4.69) is 17.3 Å². The first-order valence-corrected chi connectivity index (χ1v) is 8.06. The first-order chi connectivity index (χ1) is 10.7. The second-order valence-corrected chi connectivity index (χ2v) is 6.17. The summed E-state index contributed by atoms with van der Waals surface area (Å²) in [5, 5.41) is 5.95. The Hall–Kier alpha value is -2.14. The second kappa shape index (κ2) is 6.32. The third-order valence-electron chi connectivity index (χ3n) is 3.75. The van der Waals surface area contributed by atoms with Crippen molar-refractivity contribution in [2.45, 2.75) is 26.2 Å². The first-order valence-electron chi connectivity index (χ1n) is 7.18. The van der Waals surface area contributed by atoms with Crippen LogP contribution >= 0.6 is 11.3 Å². The number of oxime groups is 1. The number of ether oxygens (including phenoxy) is 1. The molecule has 1 aromatic heterocycles. The van der Waals surface area contributed by atoms with Crippen LogP contribution in [0, 0.1) is 6.92 Å². The molecule has 0 atom stereocenters. The normalized spacial score (nSPS) is 15.5. The molecule has 3 rings (SSSR count). The van der Waals surface area contributed by atoms with Gasteiger partial charge in [-0.25, -0.2) is 4.79 Å². The number of carbonyl (C=O) groups excluding carboxylic acids is 1. The van der Waals surface area contributed by atoms with Gasteiger partial charge in [-0.3, -0.25) is 0 Å². The van der Waals surface area contributed by atoms with Crippen molar-refractivity contribution in [2.75, 3.05) is 7.11 Å². The lowest BCUT2D eigenvalue weighted by molar-refractivity contribution is 0.0521. The molecule has 2 aromatic rings. The molecule has 0 fully saturated rings. The number of carbonyl (C=O) groups is 1. The van der Waals surface area contributed by atoms with Gasteiger partial charge in [0.1, 0.15) is 10.6 Å². The standard InChI is InChI=1S/C17H17NO3S/c1-11-9-13-12(10-15(11)20-2)5-3-6-14(13)18-21-17(19)16-7-4-8-22-16/h4,7-10H,3,5-6H2,1-2H3. The van der Waals surface area contributed by atoms with Crippen LogP contribution in [0.2, 0.25) is 0 Å². The molecular formula is C17H17NO3S. The molecule has 0 bridgehead atoms. The lowest BCUT2D eigenvalue weighted by atomic mass is 9.88. The minimum absolute atomic E-state index is 0.403. The van der Waals surface area contributed by atoms with Crippen LogP contribution in [0.25, 0.3) is 0 Å². The first kappa shape index (κ1) is 14.8. The average molecular weight is 315 g/mol. The van der Waals surface area contributed by atoms with Crippen LogP contribution in [0.3, 0.4) is 0 Å². The summed E-state index contributed by atoms with van der Waals surface area (Å²) in [4.78, 5) is 17.6. The maximum Gasteiger partial charge on any atom is 0.375 e. The molecule has 114 valence electrons. The van der Waals surface area contributed by atoms with E-state index in [4.69, 9.17) is 9.57 Å². The van der Waals surface area contributed by atoms with Crippen LogP contribution in [0.15, 0.2) is 34.8 Å². The van der Waals surface area contributed by atoms with Gasteiger partial charge in [-0.2, -0.15) is 0 Å². The highest BCUT2D eigenvalue weighted by Crippen LogP contribution is 2.29. The number of thiophene rings is 1. The Bertz CT molecular complexity index is 720.